The molecule has 8 unspecified atom stereocenters. The molecule has 0 N–H and O–H groups in total. The number of imidazole rings is 4. The van der Waals surface area contributed by atoms with Gasteiger partial charge in [-0.3, -0.25) is 24.3 Å². The Morgan fingerprint density at radius 2 is 0.795 bits per heavy atom. The molecule has 0 radical (unpaired) electrons. The van der Waals surface area contributed by atoms with E-state index in [0.29, 0.717) is 70.9 Å². The van der Waals surface area contributed by atoms with Crippen LogP contribution in [0.4, 0.5) is 8.78 Å². The average molecular weight is 1500 g/mol. The highest BCUT2D eigenvalue weighted by Crippen LogP contribution is 2.58. The summed E-state index contributed by atoms with van der Waals surface area (Å²) in [6.45, 7) is 22.4. The summed E-state index contributed by atoms with van der Waals surface area (Å²) in [5.41, 5.74) is 22.4. The van der Waals surface area contributed by atoms with Crippen LogP contribution in [0, 0.1) is 81.0 Å². The minimum atomic E-state index is -0.364. The van der Waals surface area contributed by atoms with E-state index in [0.717, 1.165) is 207 Å². The predicted molar refractivity (Wildman–Crippen MR) is 408 cm³/mol. The second kappa shape index (κ2) is 25.5. The van der Waals surface area contributed by atoms with E-state index in [1.54, 1.807) is 29.0 Å². The van der Waals surface area contributed by atoms with Gasteiger partial charge in [-0.15, -0.1) is 0 Å². The zero-order chi connectivity index (χ0) is 76.0. The number of ether oxygens (including phenoxy) is 4. The van der Waals surface area contributed by atoms with Crippen LogP contribution in [-0.2, 0) is 12.8 Å². The van der Waals surface area contributed by atoms with Crippen molar-refractivity contribution in [3.8, 4) is 23.0 Å². The van der Waals surface area contributed by atoms with E-state index < -0.39 is 0 Å². The lowest BCUT2D eigenvalue weighted by Crippen LogP contribution is -2.16. The van der Waals surface area contributed by atoms with Gasteiger partial charge in [-0.05, 0) is 156 Å². The molecule has 4 fully saturated rings. The third-order valence-corrected chi connectivity index (χ3v) is 23.4. The Labute approximate surface area is 638 Å². The van der Waals surface area contributed by atoms with Crippen molar-refractivity contribution in [3.05, 3.63) is 224 Å². The molecule has 19 heterocycles. The first kappa shape index (κ1) is 67.6. The van der Waals surface area contributed by atoms with Gasteiger partial charge >= 0.3 is 0 Å². The van der Waals surface area contributed by atoms with Crippen molar-refractivity contribution in [1.29, 1.82) is 0 Å². The molecule has 112 heavy (non-hydrogen) atoms. The van der Waals surface area contributed by atoms with Crippen molar-refractivity contribution >= 4 is 55.9 Å². The quantitative estimate of drug-likeness (QED) is 0.137. The van der Waals surface area contributed by atoms with Crippen molar-refractivity contribution < 1.29 is 27.7 Å². The van der Waals surface area contributed by atoms with Gasteiger partial charge in [0.05, 0.1) is 75.8 Å². The number of aromatic nitrogens is 24. The normalized spacial score (nSPS) is 20.5. The van der Waals surface area contributed by atoms with Crippen molar-refractivity contribution in [3.63, 3.8) is 0 Å². The van der Waals surface area contributed by atoms with Crippen molar-refractivity contribution in [2.75, 3.05) is 26.4 Å². The average Bonchev–Trinajstić information content (AvgIpc) is 1.62. The molecule has 7 aliphatic rings. The van der Waals surface area contributed by atoms with Gasteiger partial charge in [-0.2, -0.15) is 24.8 Å². The third kappa shape index (κ3) is 11.1. The summed E-state index contributed by atoms with van der Waals surface area (Å²) in [7, 11) is 0. The van der Waals surface area contributed by atoms with Gasteiger partial charge in [0.1, 0.15) is 30.4 Å². The summed E-state index contributed by atoms with van der Waals surface area (Å²) < 4.78 is 67.6. The molecule has 16 aromatic heterocycles. The maximum Gasteiger partial charge on any atom is 0.221 e. The summed E-state index contributed by atoms with van der Waals surface area (Å²) in [6.07, 6.45) is 25.3. The maximum absolute atomic E-state index is 15.1. The van der Waals surface area contributed by atoms with Crippen molar-refractivity contribution in [2.24, 2.45) is 0 Å². The number of rotatable bonds is 8. The van der Waals surface area contributed by atoms with Crippen LogP contribution < -0.4 is 18.9 Å². The monoisotopic (exact) mass is 1500 g/mol. The Balaban J connectivity index is 0.0000000943. The largest absolute Gasteiger partial charge is 0.489 e. The van der Waals surface area contributed by atoms with E-state index in [9.17, 15) is 4.39 Å². The van der Waals surface area contributed by atoms with E-state index in [4.69, 9.17) is 64.1 Å². The van der Waals surface area contributed by atoms with Crippen molar-refractivity contribution in [2.45, 2.75) is 168 Å². The fourth-order valence-electron chi connectivity index (χ4n) is 16.8. The molecule has 24 rings (SSSR count). The smallest absolute Gasteiger partial charge is 0.221 e. The van der Waals surface area contributed by atoms with Crippen molar-refractivity contribution in [1.82, 2.24) is 116 Å². The number of benzene rings is 1. The van der Waals surface area contributed by atoms with Gasteiger partial charge < -0.3 is 32.1 Å². The van der Waals surface area contributed by atoms with Gasteiger partial charge in [-0.25, -0.2) is 62.3 Å². The molecule has 8 atom stereocenters. The lowest BCUT2D eigenvalue weighted by Gasteiger charge is -2.18. The zero-order valence-corrected chi connectivity index (χ0v) is 63.5. The number of hydrogen-bond acceptors (Lipinski definition) is 20. The molecule has 0 amide bonds. The Morgan fingerprint density at radius 1 is 0.366 bits per heavy atom. The molecule has 4 saturated carbocycles. The highest BCUT2D eigenvalue weighted by atomic mass is 19.1. The third-order valence-electron chi connectivity index (χ3n) is 23.4. The lowest BCUT2D eigenvalue weighted by atomic mass is 10.1. The molecule has 0 saturated heterocycles. The maximum atomic E-state index is 15.1. The molecule has 3 aliphatic heterocycles. The molecule has 1 aromatic carbocycles. The molecule has 30 heteroatoms. The van der Waals surface area contributed by atoms with Crippen LogP contribution in [0.25, 0.3) is 55.9 Å². The molecule has 4 aliphatic carbocycles. The van der Waals surface area contributed by atoms with E-state index in [-0.39, 0.29) is 35.4 Å². The molecule has 564 valence electrons. The summed E-state index contributed by atoms with van der Waals surface area (Å²) in [6, 6.07) is 13.0. The van der Waals surface area contributed by atoms with E-state index in [1.165, 1.54) is 27.3 Å². The van der Waals surface area contributed by atoms with Crippen LogP contribution in [0.15, 0.2) is 98.2 Å². The minimum absolute atomic E-state index is 0.0473. The Kier molecular flexibility index (Phi) is 15.4. The standard InChI is InChI=1S/C22H19FN6.C21H22N6O.C20H20N6O.C19H17FN6O2/c1-11-10-24-12(2)21-26-20(27-29(11)21)17-9-16(17)19-13(3)28-8-7-14-15(22(28)25-19)5-4-6-18(14)23;1-11-10-22-12(2)20-24-19(25-27(11)20)16-9-15(16)17-13(3)26-7-6-14-5-4-8-28-18(14)21(26)23-17;1-11-9-21-12(2)19-23-18(24-26(11)19)15-8-14(15)16-10-25-6-5-13-4-3-7-27-17(13)20(25)22-16;1-9-8-21-10(2)18-23-17(24-26(9)18)12-7-11(12)14-16(20)25-4-3-13-15(19(25)22-14)28-6-5-27-13/h4-8,10,16-17H,9H2,1-3H3;6-7,10,15-16H,4-5,8-9H2,1-3H3;5-6,9-10,14-15H,3-4,7-8H2,1-2H3;3-4,8,11-12H,5-7H2,1-2H3. The number of pyridine rings is 4. The molecule has 0 spiro atoms. The lowest BCUT2D eigenvalue weighted by molar-refractivity contribution is 0.172. The van der Waals surface area contributed by atoms with E-state index >= 15 is 4.39 Å². The summed E-state index contributed by atoms with van der Waals surface area (Å²) in [5.74, 6) is 7.70. The highest BCUT2D eigenvalue weighted by Gasteiger charge is 2.49. The predicted octanol–water partition coefficient (Wildman–Crippen LogP) is 13.1. The van der Waals surface area contributed by atoms with Crippen LogP contribution in [-0.4, -0.2) is 142 Å². The summed E-state index contributed by atoms with van der Waals surface area (Å²) >= 11 is 0. The first-order valence-electron chi connectivity index (χ1n) is 38.5. The van der Waals surface area contributed by atoms with Gasteiger partial charge in [-0.1, -0.05) is 12.1 Å². The summed E-state index contributed by atoms with van der Waals surface area (Å²) in [4.78, 5) is 55.9. The fraction of sp³-hybridized carbons (Fsp3) is 0.366. The van der Waals surface area contributed by atoms with Gasteiger partial charge in [0, 0.05) is 131 Å². The second-order valence-electron chi connectivity index (χ2n) is 31.0. The number of fused-ring (bicyclic) bond motifs is 16. The van der Waals surface area contributed by atoms with E-state index in [2.05, 4.69) is 92.8 Å². The summed E-state index contributed by atoms with van der Waals surface area (Å²) in [5, 5.41) is 20.3. The van der Waals surface area contributed by atoms with Crippen LogP contribution in [0.5, 0.6) is 23.0 Å². The minimum Gasteiger partial charge on any atom is -0.489 e. The first-order chi connectivity index (χ1) is 54.4. The molecule has 28 nitrogen and oxygen atoms in total. The van der Waals surface area contributed by atoms with Crippen LogP contribution in [0.1, 0.15) is 200 Å². The highest BCUT2D eigenvalue weighted by molar-refractivity contribution is 5.94. The van der Waals surface area contributed by atoms with Gasteiger partial charge in [0.2, 0.25) is 11.7 Å². The van der Waals surface area contributed by atoms with Crippen LogP contribution in [0.3, 0.4) is 0 Å². The number of hydrogen-bond donors (Lipinski definition) is 0. The number of nitrogens with zero attached hydrogens (tertiary/aromatic N) is 24. The number of aryl methyl sites for hydroxylation is 12. The molecule has 17 aromatic rings. The fourth-order valence-corrected chi connectivity index (χ4v) is 16.8. The SMILES string of the molecule is Cc1ncc(C)n2nc(C3CC3c3cn4ccc5c(c4n3)OCCC5)nc12.Cc1ncc(C)n2nc(C3CC3c3nc4c5c(ccn4c3C)CCCO5)nc12.Cc1ncc(C)n2nc(C3CC3c3nc4c5c(ccn4c3F)OCCO5)nc12.Cc1ncc(C)n2nc(C3CC3c3nc4c5cccc(F)c5ccn4c3C)nc12. The van der Waals surface area contributed by atoms with Crippen LogP contribution >= 0.6 is 0 Å². The Bertz CT molecular complexity index is 6430. The Morgan fingerprint density at radius 3 is 1.33 bits per heavy atom. The topological polar surface area (TPSA) is 278 Å². The molecular weight excluding hydrogens is 1420 g/mol. The number of halogens is 2. The Hall–Kier alpha value is -12.5. The van der Waals surface area contributed by atoms with Gasteiger partial charge in [0.15, 0.2) is 80.1 Å². The molecular formula is C82H78F2N24O4. The first-order valence-corrected chi connectivity index (χ1v) is 38.5. The zero-order valence-electron chi connectivity index (χ0n) is 63.5. The van der Waals surface area contributed by atoms with E-state index in [1.807, 2.05) is 106 Å². The molecule has 0 bridgehead atoms. The van der Waals surface area contributed by atoms with Crippen LogP contribution in [0.2, 0.25) is 0 Å². The second-order valence-corrected chi connectivity index (χ2v) is 31.0. The van der Waals surface area contributed by atoms with Gasteiger partial charge in [0.25, 0.3) is 0 Å².